The van der Waals surface area contributed by atoms with Gasteiger partial charge in [-0.2, -0.15) is 0 Å². The van der Waals surface area contributed by atoms with E-state index in [1.54, 1.807) is 0 Å². The lowest BCUT2D eigenvalue weighted by molar-refractivity contribution is 0.0172. The van der Waals surface area contributed by atoms with Crippen LogP contribution in [0.4, 0.5) is 0 Å². The van der Waals surface area contributed by atoms with Gasteiger partial charge in [0.1, 0.15) is 9.92 Å². The molecule has 2 heterocycles. The van der Waals surface area contributed by atoms with Crippen LogP contribution in [-0.2, 0) is 14.7 Å². The highest BCUT2D eigenvalue weighted by Gasteiger charge is 2.44. The number of likely N-dealkylation sites (tertiary alicyclic amines) is 1. The fraction of sp³-hybridized carbons (Fsp3) is 0.833. The van der Waals surface area contributed by atoms with Crippen LogP contribution in [0.15, 0.2) is 11.5 Å². The van der Waals surface area contributed by atoms with E-state index >= 15 is 0 Å². The molecule has 0 radical (unpaired) electrons. The summed E-state index contributed by atoms with van der Waals surface area (Å²) in [7, 11) is -3.18. The first-order valence-electron chi connectivity index (χ1n) is 6.46. The number of nitrogens with zero attached hydrogens (tertiary/aromatic N) is 1. The molecule has 0 aromatic carbocycles. The van der Waals surface area contributed by atoms with Crippen LogP contribution < -0.4 is 5.14 Å². The van der Waals surface area contributed by atoms with Crippen molar-refractivity contribution in [1.29, 1.82) is 4.78 Å². The lowest BCUT2D eigenvalue weighted by Crippen LogP contribution is -2.52. The Hall–Kier alpha value is -0.430. The summed E-state index contributed by atoms with van der Waals surface area (Å²) in [6.45, 7) is 8.42. The molecule has 3 N–H and O–H groups in total. The number of nitrogens with one attached hydrogen (secondary N) is 1. The van der Waals surface area contributed by atoms with Crippen LogP contribution in [0.2, 0.25) is 0 Å². The van der Waals surface area contributed by atoms with Crippen molar-refractivity contribution < 1.29 is 8.95 Å². The topological polar surface area (TPSA) is 79.4 Å². The van der Waals surface area contributed by atoms with Gasteiger partial charge in [0.2, 0.25) is 0 Å². The van der Waals surface area contributed by atoms with E-state index in [-0.39, 0.29) is 0 Å². The molecule has 1 unspecified atom stereocenters. The summed E-state index contributed by atoms with van der Waals surface area (Å²) >= 11 is 0. The molecular weight excluding hydrogens is 250 g/mol. The highest BCUT2D eigenvalue weighted by molar-refractivity contribution is 7.94. The summed E-state index contributed by atoms with van der Waals surface area (Å²) in [5, 5.41) is 5.48. The number of nitrogens with two attached hydrogens (primary N) is 1. The first kappa shape index (κ1) is 14.0. The van der Waals surface area contributed by atoms with Crippen molar-refractivity contribution in [3.8, 4) is 0 Å². The van der Waals surface area contributed by atoms with Gasteiger partial charge in [-0.15, -0.1) is 0 Å². The summed E-state index contributed by atoms with van der Waals surface area (Å²) in [4.78, 5) is 2.72. The van der Waals surface area contributed by atoms with E-state index < -0.39 is 15.5 Å². The Kier molecular flexibility index (Phi) is 3.82. The quantitative estimate of drug-likeness (QED) is 0.817. The second-order valence-electron chi connectivity index (χ2n) is 5.44. The second kappa shape index (κ2) is 4.92. The van der Waals surface area contributed by atoms with Gasteiger partial charge in [-0.05, 0) is 39.2 Å². The van der Waals surface area contributed by atoms with Gasteiger partial charge in [0.15, 0.2) is 0 Å². The van der Waals surface area contributed by atoms with Gasteiger partial charge in [-0.3, -0.25) is 4.90 Å². The van der Waals surface area contributed by atoms with Crippen LogP contribution in [0.3, 0.4) is 0 Å². The van der Waals surface area contributed by atoms with Crippen molar-refractivity contribution >= 4 is 9.92 Å². The Morgan fingerprint density at radius 2 is 2.17 bits per heavy atom. The maximum atomic E-state index is 11.8. The molecule has 0 aliphatic carbocycles. The normalized spacial score (nSPS) is 34.3. The maximum absolute atomic E-state index is 11.8. The zero-order valence-electron chi connectivity index (χ0n) is 11.0. The lowest BCUT2D eigenvalue weighted by Gasteiger charge is -2.43. The van der Waals surface area contributed by atoms with Crippen LogP contribution in [0.25, 0.3) is 0 Å². The molecule has 0 amide bonds. The Morgan fingerprint density at radius 3 is 2.72 bits per heavy atom. The van der Waals surface area contributed by atoms with Crippen LogP contribution >= 0.6 is 0 Å². The summed E-state index contributed by atoms with van der Waals surface area (Å²) in [5.74, 6) is 0. The molecule has 2 aliphatic heterocycles. The van der Waals surface area contributed by atoms with Gasteiger partial charge < -0.3 is 4.74 Å². The minimum atomic E-state index is -3.18. The Labute approximate surface area is 109 Å². The van der Waals surface area contributed by atoms with Crippen LogP contribution in [0.5, 0.6) is 0 Å². The summed E-state index contributed by atoms with van der Waals surface area (Å²) < 4.78 is 24.8. The van der Waals surface area contributed by atoms with Gasteiger partial charge in [-0.25, -0.2) is 14.1 Å². The zero-order chi connectivity index (χ0) is 13.4. The largest absolute Gasteiger partial charge is 0.381 e. The van der Waals surface area contributed by atoms with Crippen molar-refractivity contribution in [2.24, 2.45) is 5.14 Å². The first-order chi connectivity index (χ1) is 8.36. The molecule has 2 atom stereocenters. The van der Waals surface area contributed by atoms with E-state index in [1.165, 1.54) is 0 Å². The van der Waals surface area contributed by atoms with E-state index in [9.17, 15) is 4.21 Å². The van der Waals surface area contributed by atoms with E-state index in [0.717, 1.165) is 45.4 Å². The van der Waals surface area contributed by atoms with Gasteiger partial charge in [0.25, 0.3) is 0 Å². The standard InChI is InChI=1S/C12H23N3O2S/c1-10(18(13,14)16)12(2)6-3-7-15(12)11-4-8-17-9-5-11/h11H,1,3-9H2,2H3,(H3,13,14,16)/t12-/m0/s1. The van der Waals surface area contributed by atoms with Crippen molar-refractivity contribution in [2.75, 3.05) is 19.8 Å². The summed E-state index contributed by atoms with van der Waals surface area (Å²) in [6, 6.07) is 0.435. The third-order valence-electron chi connectivity index (χ3n) is 4.29. The molecule has 6 heteroatoms. The predicted octanol–water partition coefficient (Wildman–Crippen LogP) is 1.45. The molecular formula is C12H23N3O2S. The maximum Gasteiger partial charge on any atom is 0.129 e. The van der Waals surface area contributed by atoms with E-state index in [0.29, 0.717) is 10.9 Å². The molecule has 18 heavy (non-hydrogen) atoms. The van der Waals surface area contributed by atoms with Crippen LogP contribution in [0, 0.1) is 4.78 Å². The van der Waals surface area contributed by atoms with Gasteiger partial charge >= 0.3 is 0 Å². The van der Waals surface area contributed by atoms with Crippen molar-refractivity contribution in [3.63, 3.8) is 0 Å². The van der Waals surface area contributed by atoms with Gasteiger partial charge in [0, 0.05) is 19.3 Å². The fourth-order valence-electron chi connectivity index (χ4n) is 3.19. The van der Waals surface area contributed by atoms with E-state index in [4.69, 9.17) is 14.7 Å². The number of hydrogen-bond donors (Lipinski definition) is 2. The average molecular weight is 273 g/mol. The number of hydrogen-bond acceptors (Lipinski definition) is 4. The molecule has 2 saturated heterocycles. The number of ether oxygens (including phenoxy) is 1. The average Bonchev–Trinajstić information content (AvgIpc) is 2.71. The van der Waals surface area contributed by atoms with Crippen LogP contribution in [0.1, 0.15) is 32.6 Å². The zero-order valence-corrected chi connectivity index (χ0v) is 11.8. The molecule has 0 aromatic heterocycles. The molecule has 2 fully saturated rings. The molecule has 2 rings (SSSR count). The molecule has 104 valence electrons. The lowest BCUT2D eigenvalue weighted by atomic mass is 9.95. The molecule has 5 nitrogen and oxygen atoms in total. The second-order valence-corrected chi connectivity index (χ2v) is 7.13. The predicted molar refractivity (Wildman–Crippen MR) is 72.4 cm³/mol. The summed E-state index contributed by atoms with van der Waals surface area (Å²) in [6.07, 6.45) is 3.91. The minimum Gasteiger partial charge on any atom is -0.381 e. The monoisotopic (exact) mass is 273 g/mol. The number of rotatable bonds is 3. The first-order valence-corrected chi connectivity index (χ1v) is 8.08. The van der Waals surface area contributed by atoms with E-state index in [2.05, 4.69) is 11.5 Å². The highest BCUT2D eigenvalue weighted by atomic mass is 32.2. The molecule has 0 saturated carbocycles. The Bertz CT molecular complexity index is 429. The van der Waals surface area contributed by atoms with Crippen LogP contribution in [-0.4, -0.2) is 40.4 Å². The SMILES string of the molecule is C=C([C@]1(C)CCCN1C1CCOCC1)S(=N)(N)=O. The summed E-state index contributed by atoms with van der Waals surface area (Å²) in [5.41, 5.74) is -0.393. The molecule has 0 aromatic rings. The molecule has 2 aliphatic rings. The van der Waals surface area contributed by atoms with Gasteiger partial charge in [-0.1, -0.05) is 6.58 Å². The van der Waals surface area contributed by atoms with E-state index in [1.807, 2.05) is 6.92 Å². The smallest absolute Gasteiger partial charge is 0.129 e. The Morgan fingerprint density at radius 1 is 1.56 bits per heavy atom. The molecule has 0 spiro atoms. The third-order valence-corrected chi connectivity index (χ3v) is 5.47. The third kappa shape index (κ3) is 2.47. The van der Waals surface area contributed by atoms with Gasteiger partial charge in [0.05, 0.1) is 10.4 Å². The van der Waals surface area contributed by atoms with Crippen molar-refractivity contribution in [2.45, 2.75) is 44.2 Å². The fourth-order valence-corrected chi connectivity index (χ4v) is 4.07. The highest BCUT2D eigenvalue weighted by Crippen LogP contribution is 2.39. The minimum absolute atomic E-state index is 0.374. The molecule has 0 bridgehead atoms. The van der Waals surface area contributed by atoms with Crippen molar-refractivity contribution in [3.05, 3.63) is 11.5 Å². The Balaban J connectivity index is 2.22. The van der Waals surface area contributed by atoms with Crippen molar-refractivity contribution in [1.82, 2.24) is 4.90 Å².